The molecule has 5 heterocycles. The summed E-state index contributed by atoms with van der Waals surface area (Å²) in [6.45, 7) is 4.35. The Hall–Kier alpha value is -7.07. The molecule has 1 saturated heterocycles. The standard InChI is InChI=1S/C43H38N8O5/c1-24(2)31-19-28(21-37-39(31)50(4)43(55)49(37)3)29-10-6-9-26-20-34(46-23-32(26)29)27-12-14-33(45-22-27)40(53)44-17-7-8-25-11-13-30-36(18-25)51(48-42(30)56-5)35-15-16-38(52)47-41(35)54/h6,9-14,18-24,35H,15-17H2,1-5H3,(H,44,53)(H,47,52,54). The maximum atomic E-state index is 13.0. The molecule has 8 rings (SSSR count). The molecule has 1 atom stereocenters. The van der Waals surface area contributed by atoms with Crippen molar-refractivity contribution in [3.8, 4) is 40.1 Å². The lowest BCUT2D eigenvalue weighted by Crippen LogP contribution is -2.42. The maximum Gasteiger partial charge on any atom is 0.328 e. The third kappa shape index (κ3) is 6.34. The number of aromatic nitrogens is 6. The van der Waals surface area contributed by atoms with Crippen molar-refractivity contribution < 1.29 is 19.1 Å². The molecular formula is C43H38N8O5. The molecule has 13 nitrogen and oxygen atoms in total. The van der Waals surface area contributed by atoms with Crippen LogP contribution in [0.2, 0.25) is 0 Å². The van der Waals surface area contributed by atoms with Gasteiger partial charge in [-0.3, -0.25) is 38.8 Å². The van der Waals surface area contributed by atoms with E-state index in [1.54, 1.807) is 33.1 Å². The largest absolute Gasteiger partial charge is 0.479 e. The van der Waals surface area contributed by atoms with Crippen LogP contribution in [0, 0.1) is 11.8 Å². The van der Waals surface area contributed by atoms with Crippen molar-refractivity contribution in [1.29, 1.82) is 0 Å². The first kappa shape index (κ1) is 35.9. The van der Waals surface area contributed by atoms with Crippen LogP contribution in [0.3, 0.4) is 0 Å². The first-order valence-corrected chi connectivity index (χ1v) is 18.2. The molecule has 1 aliphatic rings. The number of pyridine rings is 2. The van der Waals surface area contributed by atoms with Gasteiger partial charge in [0.15, 0.2) is 0 Å². The number of nitrogens with zero attached hydrogens (tertiary/aromatic N) is 6. The summed E-state index contributed by atoms with van der Waals surface area (Å²) in [5.41, 5.74) is 7.96. The number of carbonyl (C=O) groups excluding carboxylic acids is 3. The molecular weight excluding hydrogens is 709 g/mol. The minimum Gasteiger partial charge on any atom is -0.479 e. The summed E-state index contributed by atoms with van der Waals surface area (Å²) in [6, 6.07) is 20.7. The molecule has 0 aliphatic carbocycles. The Kier molecular flexibility index (Phi) is 9.17. The van der Waals surface area contributed by atoms with Crippen LogP contribution in [0.15, 0.2) is 83.9 Å². The Morgan fingerprint density at radius 3 is 2.54 bits per heavy atom. The van der Waals surface area contributed by atoms with Gasteiger partial charge in [0, 0.05) is 49.4 Å². The number of hydrogen-bond acceptors (Lipinski definition) is 8. The molecule has 4 aromatic heterocycles. The van der Waals surface area contributed by atoms with Gasteiger partial charge in [0.1, 0.15) is 11.7 Å². The number of methoxy groups -OCH3 is 1. The lowest BCUT2D eigenvalue weighted by atomic mass is 9.93. The van der Waals surface area contributed by atoms with Crippen molar-refractivity contribution in [1.82, 2.24) is 39.5 Å². The van der Waals surface area contributed by atoms with Crippen LogP contribution >= 0.6 is 0 Å². The van der Waals surface area contributed by atoms with Crippen molar-refractivity contribution in [3.05, 3.63) is 106 Å². The number of nitrogens with one attached hydrogen (secondary N) is 2. The van der Waals surface area contributed by atoms with E-state index < -0.39 is 11.9 Å². The van der Waals surface area contributed by atoms with Gasteiger partial charge >= 0.3 is 5.69 Å². The quantitative estimate of drug-likeness (QED) is 0.163. The van der Waals surface area contributed by atoms with Crippen molar-refractivity contribution in [2.45, 2.75) is 38.6 Å². The van der Waals surface area contributed by atoms with E-state index in [0.717, 1.165) is 49.8 Å². The molecule has 1 fully saturated rings. The summed E-state index contributed by atoms with van der Waals surface area (Å²) in [7, 11) is 5.13. The van der Waals surface area contributed by atoms with Crippen LogP contribution < -0.4 is 21.1 Å². The summed E-state index contributed by atoms with van der Waals surface area (Å²) in [6.07, 6.45) is 4.04. The number of aryl methyl sites for hydroxylation is 2. The van der Waals surface area contributed by atoms with E-state index in [2.05, 4.69) is 64.6 Å². The number of benzene rings is 3. The number of amides is 3. The van der Waals surface area contributed by atoms with Gasteiger partial charge in [0.2, 0.25) is 11.8 Å². The molecule has 2 N–H and O–H groups in total. The fourth-order valence-electron chi connectivity index (χ4n) is 7.39. The minimum atomic E-state index is -0.649. The molecule has 0 radical (unpaired) electrons. The van der Waals surface area contributed by atoms with E-state index in [0.29, 0.717) is 28.8 Å². The second-order valence-electron chi connectivity index (χ2n) is 14.2. The Labute approximate surface area is 321 Å². The van der Waals surface area contributed by atoms with E-state index in [4.69, 9.17) is 9.72 Å². The number of carbonyl (C=O) groups is 3. The fourth-order valence-corrected chi connectivity index (χ4v) is 7.39. The highest BCUT2D eigenvalue weighted by atomic mass is 16.5. The van der Waals surface area contributed by atoms with Gasteiger partial charge in [0.25, 0.3) is 11.8 Å². The third-order valence-electron chi connectivity index (χ3n) is 10.3. The predicted molar refractivity (Wildman–Crippen MR) is 213 cm³/mol. The van der Waals surface area contributed by atoms with E-state index in [-0.39, 0.29) is 42.1 Å². The highest BCUT2D eigenvalue weighted by molar-refractivity contribution is 6.01. The topological polar surface area (TPSA) is 155 Å². The number of rotatable bonds is 7. The first-order valence-electron chi connectivity index (χ1n) is 18.2. The second-order valence-corrected chi connectivity index (χ2v) is 14.2. The van der Waals surface area contributed by atoms with E-state index >= 15 is 0 Å². The zero-order valence-electron chi connectivity index (χ0n) is 31.5. The molecule has 3 amide bonds. The van der Waals surface area contributed by atoms with Crippen molar-refractivity contribution >= 4 is 50.4 Å². The van der Waals surface area contributed by atoms with Crippen LogP contribution in [0.5, 0.6) is 5.88 Å². The molecule has 3 aromatic carbocycles. The normalized spacial score (nSPS) is 14.3. The lowest BCUT2D eigenvalue weighted by Gasteiger charge is -2.21. The van der Waals surface area contributed by atoms with Gasteiger partial charge in [-0.1, -0.05) is 43.9 Å². The molecule has 0 spiro atoms. The Bertz CT molecular complexity index is 2870. The van der Waals surface area contributed by atoms with Gasteiger partial charge in [-0.15, -0.1) is 5.10 Å². The van der Waals surface area contributed by atoms with Crippen LogP contribution in [-0.4, -0.2) is 60.3 Å². The summed E-state index contributed by atoms with van der Waals surface area (Å²) >= 11 is 0. The summed E-state index contributed by atoms with van der Waals surface area (Å²) in [4.78, 5) is 59.2. The van der Waals surface area contributed by atoms with Gasteiger partial charge < -0.3 is 10.1 Å². The Morgan fingerprint density at radius 1 is 0.946 bits per heavy atom. The molecule has 0 saturated carbocycles. The number of ether oxygens (including phenoxy) is 1. The summed E-state index contributed by atoms with van der Waals surface area (Å²) < 4.78 is 10.4. The monoisotopic (exact) mass is 746 g/mol. The van der Waals surface area contributed by atoms with Gasteiger partial charge in [-0.05, 0) is 82.9 Å². The highest BCUT2D eigenvalue weighted by Gasteiger charge is 2.31. The average molecular weight is 747 g/mol. The van der Waals surface area contributed by atoms with E-state index in [1.165, 1.54) is 7.11 Å². The molecule has 280 valence electrons. The lowest BCUT2D eigenvalue weighted by molar-refractivity contribution is -0.135. The van der Waals surface area contributed by atoms with Crippen molar-refractivity contribution in [2.24, 2.45) is 14.1 Å². The van der Waals surface area contributed by atoms with Crippen LogP contribution in [0.4, 0.5) is 0 Å². The molecule has 13 heteroatoms. The number of piperidine rings is 1. The Balaban J connectivity index is 0.974. The molecule has 1 aliphatic heterocycles. The first-order chi connectivity index (χ1) is 27.0. The minimum absolute atomic E-state index is 0.0550. The zero-order valence-corrected chi connectivity index (χ0v) is 31.5. The van der Waals surface area contributed by atoms with Crippen LogP contribution in [0.1, 0.15) is 60.3 Å². The predicted octanol–water partition coefficient (Wildman–Crippen LogP) is 5.40. The van der Waals surface area contributed by atoms with Gasteiger partial charge in [-0.2, -0.15) is 0 Å². The maximum absolute atomic E-state index is 13.0. The molecule has 56 heavy (non-hydrogen) atoms. The molecule has 1 unspecified atom stereocenters. The van der Waals surface area contributed by atoms with Crippen LogP contribution in [-0.2, 0) is 23.7 Å². The van der Waals surface area contributed by atoms with Gasteiger partial charge in [0.05, 0.1) is 41.3 Å². The second kappa shape index (κ2) is 14.3. The van der Waals surface area contributed by atoms with Crippen LogP contribution in [0.25, 0.3) is 55.1 Å². The SMILES string of the molecule is COc1nn(C2CCC(=O)NC2=O)c2cc(C#CCNC(=O)c3ccc(-c4cc5cccc(-c6cc(C(C)C)c7c(c6)n(C)c(=O)n7C)c5cn4)cn3)ccc12. The number of imidazole rings is 1. The smallest absolute Gasteiger partial charge is 0.328 e. The summed E-state index contributed by atoms with van der Waals surface area (Å²) in [5, 5.41) is 12.3. The fraction of sp³-hybridized carbons (Fsp3) is 0.233. The molecule has 0 bridgehead atoms. The van der Waals surface area contributed by atoms with E-state index in [9.17, 15) is 19.2 Å². The van der Waals surface area contributed by atoms with Crippen molar-refractivity contribution in [2.75, 3.05) is 13.7 Å². The molecule has 7 aromatic rings. The van der Waals surface area contributed by atoms with Gasteiger partial charge in [-0.25, -0.2) is 9.48 Å². The Morgan fingerprint density at radius 2 is 1.79 bits per heavy atom. The third-order valence-corrected chi connectivity index (χ3v) is 10.3. The highest BCUT2D eigenvalue weighted by Crippen LogP contribution is 2.36. The number of hydrogen-bond donors (Lipinski definition) is 2. The van der Waals surface area contributed by atoms with Crippen molar-refractivity contribution in [3.63, 3.8) is 0 Å². The number of imide groups is 1. The van der Waals surface area contributed by atoms with E-state index in [1.807, 2.05) is 55.7 Å². The average Bonchev–Trinajstić information content (AvgIpc) is 3.68. The summed E-state index contributed by atoms with van der Waals surface area (Å²) in [5.74, 6) is 5.53. The number of fused-ring (bicyclic) bond motifs is 3. The zero-order chi connectivity index (χ0) is 39.2.